The first-order valence-electron chi connectivity index (χ1n) is 8.01. The highest BCUT2D eigenvalue weighted by atomic mass is 16.5. The standard InChI is InChI=1S/C19H18N4O2/c1-23-19(16(12-20)13-21-23)22-18(24)7-4-10-25-17-9-8-14-5-2-3-6-15(14)11-17/h2-3,5-6,8-9,11,13H,4,7,10H2,1H3,(H,22,24). The fourth-order valence-corrected chi connectivity index (χ4v) is 2.54. The fraction of sp³-hybridized carbons (Fsp3) is 0.211. The number of carbonyl (C=O) groups excluding carboxylic acids is 1. The van der Waals surface area contributed by atoms with E-state index in [0.29, 0.717) is 30.8 Å². The second-order valence-corrected chi connectivity index (χ2v) is 5.65. The molecule has 25 heavy (non-hydrogen) atoms. The number of aryl methyl sites for hydroxylation is 1. The number of aromatic nitrogens is 2. The average Bonchev–Trinajstić information content (AvgIpc) is 2.98. The average molecular weight is 334 g/mol. The number of nitriles is 1. The predicted molar refractivity (Wildman–Crippen MR) is 95.2 cm³/mol. The highest BCUT2D eigenvalue weighted by Gasteiger charge is 2.11. The Morgan fingerprint density at radius 2 is 2.08 bits per heavy atom. The molecule has 0 fully saturated rings. The number of nitrogens with one attached hydrogen (secondary N) is 1. The van der Waals surface area contributed by atoms with Crippen LogP contribution in [0.4, 0.5) is 5.82 Å². The monoisotopic (exact) mass is 334 g/mol. The highest BCUT2D eigenvalue weighted by molar-refractivity contribution is 5.91. The van der Waals surface area contributed by atoms with Crippen LogP contribution in [0.25, 0.3) is 10.8 Å². The summed E-state index contributed by atoms with van der Waals surface area (Å²) in [5, 5.41) is 17.9. The summed E-state index contributed by atoms with van der Waals surface area (Å²) < 4.78 is 7.19. The van der Waals surface area contributed by atoms with Crippen molar-refractivity contribution < 1.29 is 9.53 Å². The smallest absolute Gasteiger partial charge is 0.225 e. The van der Waals surface area contributed by atoms with E-state index >= 15 is 0 Å². The Kier molecular flexibility index (Phi) is 4.95. The van der Waals surface area contributed by atoms with Crippen molar-refractivity contribution in [1.29, 1.82) is 5.26 Å². The van der Waals surface area contributed by atoms with E-state index in [-0.39, 0.29) is 5.91 Å². The Hall–Kier alpha value is -3.33. The first-order chi connectivity index (χ1) is 12.2. The van der Waals surface area contributed by atoms with Crippen LogP contribution in [0.5, 0.6) is 5.75 Å². The lowest BCUT2D eigenvalue weighted by Gasteiger charge is -2.08. The van der Waals surface area contributed by atoms with Gasteiger partial charge in [-0.3, -0.25) is 9.48 Å². The van der Waals surface area contributed by atoms with Crippen molar-refractivity contribution in [2.75, 3.05) is 11.9 Å². The minimum Gasteiger partial charge on any atom is -0.494 e. The molecule has 0 spiro atoms. The molecule has 0 radical (unpaired) electrons. The molecule has 6 heteroatoms. The van der Waals surface area contributed by atoms with Crippen LogP contribution in [0.15, 0.2) is 48.7 Å². The normalized spacial score (nSPS) is 10.4. The number of nitrogens with zero attached hydrogens (tertiary/aromatic N) is 3. The van der Waals surface area contributed by atoms with E-state index in [1.807, 2.05) is 42.5 Å². The van der Waals surface area contributed by atoms with E-state index in [1.165, 1.54) is 16.3 Å². The Labute approximate surface area is 145 Å². The molecule has 6 nitrogen and oxygen atoms in total. The molecule has 2 aromatic carbocycles. The molecular weight excluding hydrogens is 316 g/mol. The third kappa shape index (κ3) is 3.96. The Balaban J connectivity index is 1.48. The van der Waals surface area contributed by atoms with Gasteiger partial charge in [0.05, 0.1) is 12.8 Å². The van der Waals surface area contributed by atoms with Gasteiger partial charge in [0.1, 0.15) is 23.2 Å². The molecule has 1 aromatic heterocycles. The maximum absolute atomic E-state index is 12.0. The molecule has 0 aliphatic carbocycles. The number of rotatable bonds is 6. The number of ether oxygens (including phenoxy) is 1. The van der Waals surface area contributed by atoms with Crippen molar-refractivity contribution >= 4 is 22.5 Å². The quantitative estimate of drug-likeness (QED) is 0.702. The lowest BCUT2D eigenvalue weighted by molar-refractivity contribution is -0.116. The van der Waals surface area contributed by atoms with E-state index in [9.17, 15) is 4.79 Å². The molecule has 0 aliphatic heterocycles. The van der Waals surface area contributed by atoms with Gasteiger partial charge in [-0.25, -0.2) is 0 Å². The van der Waals surface area contributed by atoms with Crippen molar-refractivity contribution in [3.63, 3.8) is 0 Å². The Morgan fingerprint density at radius 1 is 1.28 bits per heavy atom. The van der Waals surface area contributed by atoms with Crippen LogP contribution in [-0.4, -0.2) is 22.3 Å². The summed E-state index contributed by atoms with van der Waals surface area (Å²) in [6.45, 7) is 0.447. The Morgan fingerprint density at radius 3 is 2.88 bits per heavy atom. The van der Waals surface area contributed by atoms with Crippen molar-refractivity contribution in [3.8, 4) is 11.8 Å². The minimum atomic E-state index is -0.165. The molecule has 1 N–H and O–H groups in total. The molecule has 1 amide bonds. The van der Waals surface area contributed by atoms with Gasteiger partial charge < -0.3 is 10.1 Å². The van der Waals surface area contributed by atoms with Crippen LogP contribution in [0, 0.1) is 11.3 Å². The van der Waals surface area contributed by atoms with Crippen LogP contribution < -0.4 is 10.1 Å². The second kappa shape index (κ2) is 7.49. The third-order valence-corrected chi connectivity index (χ3v) is 3.85. The zero-order valence-corrected chi connectivity index (χ0v) is 13.9. The van der Waals surface area contributed by atoms with Crippen molar-refractivity contribution in [3.05, 3.63) is 54.2 Å². The number of anilines is 1. The first-order valence-corrected chi connectivity index (χ1v) is 8.01. The molecule has 0 atom stereocenters. The number of hydrogen-bond acceptors (Lipinski definition) is 4. The van der Waals surface area contributed by atoms with Crippen LogP contribution in [0.1, 0.15) is 18.4 Å². The summed E-state index contributed by atoms with van der Waals surface area (Å²) in [5.41, 5.74) is 0.350. The zero-order chi connectivity index (χ0) is 17.6. The number of hydrogen-bond donors (Lipinski definition) is 1. The van der Waals surface area contributed by atoms with E-state index in [2.05, 4.69) is 16.5 Å². The lowest BCUT2D eigenvalue weighted by atomic mass is 10.1. The summed E-state index contributed by atoms with van der Waals surface area (Å²) in [5.74, 6) is 1.04. The summed E-state index contributed by atoms with van der Waals surface area (Å²) in [6.07, 6.45) is 2.32. The summed E-state index contributed by atoms with van der Waals surface area (Å²) in [6, 6.07) is 16.0. The van der Waals surface area contributed by atoms with Crippen molar-refractivity contribution in [2.24, 2.45) is 7.05 Å². The van der Waals surface area contributed by atoms with Crippen LogP contribution in [0.2, 0.25) is 0 Å². The SMILES string of the molecule is Cn1ncc(C#N)c1NC(=O)CCCOc1ccc2ccccc2c1. The number of amides is 1. The van der Waals surface area contributed by atoms with Gasteiger partial charge in [0.25, 0.3) is 0 Å². The molecule has 0 unspecified atom stereocenters. The minimum absolute atomic E-state index is 0.165. The molecule has 3 aromatic rings. The van der Waals surface area contributed by atoms with Gasteiger partial charge in [0, 0.05) is 13.5 Å². The molecule has 0 saturated carbocycles. The van der Waals surface area contributed by atoms with Gasteiger partial charge in [0.2, 0.25) is 5.91 Å². The van der Waals surface area contributed by atoms with Crippen molar-refractivity contribution in [2.45, 2.75) is 12.8 Å². The summed E-state index contributed by atoms with van der Waals surface area (Å²) >= 11 is 0. The molecule has 0 aliphatic rings. The molecule has 3 rings (SSSR count). The van der Waals surface area contributed by atoms with E-state index in [1.54, 1.807) is 7.05 Å². The third-order valence-electron chi connectivity index (χ3n) is 3.85. The molecular formula is C19H18N4O2. The highest BCUT2D eigenvalue weighted by Crippen LogP contribution is 2.20. The summed E-state index contributed by atoms with van der Waals surface area (Å²) in [7, 11) is 1.68. The number of carbonyl (C=O) groups is 1. The maximum Gasteiger partial charge on any atom is 0.225 e. The first kappa shape index (κ1) is 16.5. The molecule has 0 bridgehead atoms. The van der Waals surface area contributed by atoms with E-state index in [0.717, 1.165) is 11.1 Å². The van der Waals surface area contributed by atoms with E-state index < -0.39 is 0 Å². The van der Waals surface area contributed by atoms with Gasteiger partial charge >= 0.3 is 0 Å². The predicted octanol–water partition coefficient (Wildman–Crippen LogP) is 3.24. The topological polar surface area (TPSA) is 79.9 Å². The van der Waals surface area contributed by atoms with Crippen LogP contribution >= 0.6 is 0 Å². The largest absolute Gasteiger partial charge is 0.494 e. The second-order valence-electron chi connectivity index (χ2n) is 5.65. The molecule has 1 heterocycles. The maximum atomic E-state index is 12.0. The number of benzene rings is 2. The van der Waals surface area contributed by atoms with Crippen molar-refractivity contribution in [1.82, 2.24) is 9.78 Å². The molecule has 0 saturated heterocycles. The molecule has 126 valence electrons. The van der Waals surface area contributed by atoms with Gasteiger partial charge in [-0.1, -0.05) is 30.3 Å². The van der Waals surface area contributed by atoms with E-state index in [4.69, 9.17) is 10.00 Å². The van der Waals surface area contributed by atoms with Crippen LogP contribution in [-0.2, 0) is 11.8 Å². The lowest BCUT2D eigenvalue weighted by Crippen LogP contribution is -2.16. The van der Waals surface area contributed by atoms with Gasteiger partial charge in [-0.05, 0) is 29.3 Å². The van der Waals surface area contributed by atoms with Gasteiger partial charge in [-0.15, -0.1) is 0 Å². The number of fused-ring (bicyclic) bond motifs is 1. The van der Waals surface area contributed by atoms with Crippen LogP contribution in [0.3, 0.4) is 0 Å². The fourth-order valence-electron chi connectivity index (χ4n) is 2.54. The van der Waals surface area contributed by atoms with Gasteiger partial charge in [0.15, 0.2) is 0 Å². The zero-order valence-electron chi connectivity index (χ0n) is 13.9. The Bertz CT molecular complexity index is 940. The summed E-state index contributed by atoms with van der Waals surface area (Å²) in [4.78, 5) is 12.0. The van der Waals surface area contributed by atoms with Gasteiger partial charge in [-0.2, -0.15) is 10.4 Å².